The van der Waals surface area contributed by atoms with Crippen molar-refractivity contribution in [2.45, 2.75) is 20.0 Å². The largest absolute Gasteiger partial charge is 0.467 e. The molecule has 7 nitrogen and oxygen atoms in total. The molecule has 4 rings (SSSR count). The van der Waals surface area contributed by atoms with Gasteiger partial charge >= 0.3 is 0 Å². The highest BCUT2D eigenvalue weighted by atomic mass is 16.3. The Hall–Kier alpha value is -3.35. The van der Waals surface area contributed by atoms with Crippen molar-refractivity contribution in [2.75, 3.05) is 0 Å². The maximum atomic E-state index is 12.7. The lowest BCUT2D eigenvalue weighted by atomic mass is 10.2. The van der Waals surface area contributed by atoms with Gasteiger partial charge in [0.15, 0.2) is 0 Å². The van der Waals surface area contributed by atoms with Gasteiger partial charge < -0.3 is 9.73 Å². The number of hydrogen-bond acceptors (Lipinski definition) is 4. The molecule has 1 N–H and O–H groups in total. The zero-order valence-electron chi connectivity index (χ0n) is 13.6. The monoisotopic (exact) mass is 336 g/mol. The number of rotatable bonds is 4. The van der Waals surface area contributed by atoms with Gasteiger partial charge in [0.1, 0.15) is 23.6 Å². The molecule has 1 amide bonds. The molecule has 0 atom stereocenters. The first-order chi connectivity index (χ1) is 12.1. The van der Waals surface area contributed by atoms with Crippen molar-refractivity contribution in [3.63, 3.8) is 0 Å². The predicted molar refractivity (Wildman–Crippen MR) is 92.2 cm³/mol. The van der Waals surface area contributed by atoms with E-state index in [2.05, 4.69) is 10.4 Å². The number of aromatic nitrogens is 3. The van der Waals surface area contributed by atoms with Crippen molar-refractivity contribution < 1.29 is 9.21 Å². The first-order valence-corrected chi connectivity index (χ1v) is 7.90. The van der Waals surface area contributed by atoms with Crippen LogP contribution in [0.25, 0.3) is 16.4 Å². The topological polar surface area (TPSA) is 81.5 Å². The summed E-state index contributed by atoms with van der Waals surface area (Å²) in [7, 11) is 0. The van der Waals surface area contributed by atoms with Crippen LogP contribution in [-0.2, 0) is 17.9 Å². The van der Waals surface area contributed by atoms with Gasteiger partial charge in [-0.1, -0.05) is 18.2 Å². The molecule has 126 valence electrons. The molecule has 0 aliphatic rings. The van der Waals surface area contributed by atoms with Crippen LogP contribution in [0.3, 0.4) is 0 Å². The van der Waals surface area contributed by atoms with Crippen LogP contribution >= 0.6 is 0 Å². The molecule has 0 unspecified atom stereocenters. The van der Waals surface area contributed by atoms with Crippen molar-refractivity contribution in [1.82, 2.24) is 19.5 Å². The van der Waals surface area contributed by atoms with E-state index in [-0.39, 0.29) is 24.6 Å². The van der Waals surface area contributed by atoms with Crippen LogP contribution in [0, 0.1) is 6.92 Å². The quantitative estimate of drug-likeness (QED) is 0.617. The van der Waals surface area contributed by atoms with E-state index in [0.29, 0.717) is 17.1 Å². The second-order valence-corrected chi connectivity index (χ2v) is 5.79. The summed E-state index contributed by atoms with van der Waals surface area (Å²) in [6.07, 6.45) is 1.54. The number of carbonyl (C=O) groups is 1. The Morgan fingerprint density at radius 2 is 2.04 bits per heavy atom. The van der Waals surface area contributed by atoms with Gasteiger partial charge in [0.25, 0.3) is 5.56 Å². The zero-order chi connectivity index (χ0) is 17.4. The molecule has 0 spiro atoms. The number of nitrogens with zero attached hydrogens (tertiary/aromatic N) is 3. The third-order valence-corrected chi connectivity index (χ3v) is 4.09. The summed E-state index contributed by atoms with van der Waals surface area (Å²) >= 11 is 0. The smallest absolute Gasteiger partial charge is 0.291 e. The van der Waals surface area contributed by atoms with Crippen LogP contribution in [0.1, 0.15) is 11.6 Å². The SMILES string of the molecule is Cc1nn(CC(=O)NCc2ccco2)c(=O)c2cc3ccccc3n12. The van der Waals surface area contributed by atoms with Gasteiger partial charge in [-0.3, -0.25) is 14.0 Å². The molecular formula is C18H16N4O3. The Morgan fingerprint density at radius 1 is 1.20 bits per heavy atom. The summed E-state index contributed by atoms with van der Waals surface area (Å²) in [4.78, 5) is 24.8. The summed E-state index contributed by atoms with van der Waals surface area (Å²) in [5.41, 5.74) is 1.14. The molecule has 0 radical (unpaired) electrons. The zero-order valence-corrected chi connectivity index (χ0v) is 13.6. The van der Waals surface area contributed by atoms with Crippen LogP contribution in [0.4, 0.5) is 0 Å². The van der Waals surface area contributed by atoms with E-state index in [9.17, 15) is 9.59 Å². The normalized spacial score (nSPS) is 11.2. The molecule has 0 saturated heterocycles. The summed E-state index contributed by atoms with van der Waals surface area (Å²) in [6, 6.07) is 13.1. The number of aryl methyl sites for hydroxylation is 1. The number of para-hydroxylation sites is 1. The Morgan fingerprint density at radius 3 is 2.84 bits per heavy atom. The van der Waals surface area contributed by atoms with Gasteiger partial charge in [0.05, 0.1) is 18.3 Å². The average Bonchev–Trinajstić information content (AvgIpc) is 3.25. The van der Waals surface area contributed by atoms with Crippen LogP contribution in [0.2, 0.25) is 0 Å². The van der Waals surface area contributed by atoms with Gasteiger partial charge in [-0.15, -0.1) is 0 Å². The molecule has 0 saturated carbocycles. The van der Waals surface area contributed by atoms with E-state index >= 15 is 0 Å². The van der Waals surface area contributed by atoms with E-state index in [1.165, 1.54) is 4.68 Å². The van der Waals surface area contributed by atoms with Gasteiger partial charge in [-0.05, 0) is 31.2 Å². The van der Waals surface area contributed by atoms with Gasteiger partial charge in [-0.2, -0.15) is 5.10 Å². The second kappa shape index (κ2) is 5.94. The number of nitrogens with one attached hydrogen (secondary N) is 1. The lowest BCUT2D eigenvalue weighted by molar-refractivity contribution is -0.122. The van der Waals surface area contributed by atoms with Crippen molar-refractivity contribution in [1.29, 1.82) is 0 Å². The fourth-order valence-electron chi connectivity index (χ4n) is 2.96. The number of benzene rings is 1. The van der Waals surface area contributed by atoms with Crippen molar-refractivity contribution >= 4 is 22.3 Å². The van der Waals surface area contributed by atoms with Crippen molar-refractivity contribution in [3.8, 4) is 0 Å². The van der Waals surface area contributed by atoms with Gasteiger partial charge in [0.2, 0.25) is 5.91 Å². The number of fused-ring (bicyclic) bond motifs is 3. The molecule has 3 heterocycles. The van der Waals surface area contributed by atoms with E-state index in [4.69, 9.17) is 4.42 Å². The molecule has 25 heavy (non-hydrogen) atoms. The third-order valence-electron chi connectivity index (χ3n) is 4.09. The van der Waals surface area contributed by atoms with E-state index < -0.39 is 0 Å². The minimum absolute atomic E-state index is 0.140. The van der Waals surface area contributed by atoms with Crippen LogP contribution in [0.15, 0.2) is 57.9 Å². The highest BCUT2D eigenvalue weighted by molar-refractivity contribution is 5.87. The maximum Gasteiger partial charge on any atom is 0.291 e. The minimum atomic E-state index is -0.300. The molecule has 1 aromatic carbocycles. The second-order valence-electron chi connectivity index (χ2n) is 5.79. The summed E-state index contributed by atoms with van der Waals surface area (Å²) in [6.45, 7) is 1.95. The minimum Gasteiger partial charge on any atom is -0.467 e. The molecule has 0 aliphatic carbocycles. The van der Waals surface area contributed by atoms with Crippen molar-refractivity contribution in [3.05, 3.63) is 70.7 Å². The Kier molecular flexibility index (Phi) is 3.61. The number of carbonyl (C=O) groups excluding carboxylic acids is 1. The van der Waals surface area contributed by atoms with E-state index in [1.807, 2.05) is 41.7 Å². The molecule has 3 aromatic heterocycles. The molecular weight excluding hydrogens is 320 g/mol. The maximum absolute atomic E-state index is 12.7. The highest BCUT2D eigenvalue weighted by Crippen LogP contribution is 2.18. The Balaban J connectivity index is 1.66. The fourth-order valence-corrected chi connectivity index (χ4v) is 2.96. The highest BCUT2D eigenvalue weighted by Gasteiger charge is 2.14. The average molecular weight is 336 g/mol. The van der Waals surface area contributed by atoms with Crippen LogP contribution < -0.4 is 10.9 Å². The molecule has 4 aromatic rings. The predicted octanol–water partition coefficient (Wildman–Crippen LogP) is 1.87. The van der Waals surface area contributed by atoms with E-state index in [1.54, 1.807) is 18.4 Å². The first-order valence-electron chi connectivity index (χ1n) is 7.90. The fraction of sp³-hybridized carbons (Fsp3) is 0.167. The summed E-state index contributed by atoms with van der Waals surface area (Å²) in [5, 5.41) is 7.97. The number of furan rings is 1. The lowest BCUT2D eigenvalue weighted by Gasteiger charge is -2.08. The third kappa shape index (κ3) is 2.69. The van der Waals surface area contributed by atoms with Crippen molar-refractivity contribution in [2.24, 2.45) is 0 Å². The number of amides is 1. The summed E-state index contributed by atoms with van der Waals surface area (Å²) in [5.74, 6) is 0.999. The van der Waals surface area contributed by atoms with Gasteiger partial charge in [0, 0.05) is 5.39 Å². The Labute approximate surface area is 142 Å². The lowest BCUT2D eigenvalue weighted by Crippen LogP contribution is -2.34. The molecule has 0 fully saturated rings. The van der Waals surface area contributed by atoms with Crippen LogP contribution in [0.5, 0.6) is 0 Å². The standard InChI is InChI=1S/C18H16N4O3/c1-12-20-21(11-17(23)19-10-14-6-4-8-25-14)18(24)16-9-13-5-2-3-7-15(13)22(12)16/h2-9H,10-11H2,1H3,(H,19,23). The molecule has 0 bridgehead atoms. The van der Waals surface area contributed by atoms with Crippen LogP contribution in [-0.4, -0.2) is 20.1 Å². The Bertz CT molecular complexity index is 1120. The first kappa shape index (κ1) is 15.2. The molecule has 7 heteroatoms. The summed E-state index contributed by atoms with van der Waals surface area (Å²) < 4.78 is 8.18. The van der Waals surface area contributed by atoms with E-state index in [0.717, 1.165) is 10.9 Å². The van der Waals surface area contributed by atoms with Gasteiger partial charge in [-0.25, -0.2) is 4.68 Å². The number of hydrogen-bond donors (Lipinski definition) is 1. The molecule has 0 aliphatic heterocycles.